The molecule has 4 rings (SSSR count). The lowest BCUT2D eigenvalue weighted by Gasteiger charge is -2.32. The van der Waals surface area contributed by atoms with Gasteiger partial charge < -0.3 is 14.4 Å². The van der Waals surface area contributed by atoms with Crippen molar-refractivity contribution in [1.29, 1.82) is 0 Å². The monoisotopic (exact) mass is 316 g/mol. The maximum absolute atomic E-state index is 4.94. The SMILES string of the molecule is Cc1cc(-c2csc(N3CCN(C)CC3)n2)c(C)n1C1CC1. The number of thiazole rings is 1. The molecule has 5 heteroatoms. The summed E-state index contributed by atoms with van der Waals surface area (Å²) in [6, 6.07) is 3.06. The van der Waals surface area contributed by atoms with Gasteiger partial charge in [-0.05, 0) is 39.8 Å². The average Bonchev–Trinajstić information content (AvgIpc) is 3.13. The summed E-state index contributed by atoms with van der Waals surface area (Å²) in [5, 5.41) is 3.41. The van der Waals surface area contributed by atoms with Gasteiger partial charge in [-0.2, -0.15) is 0 Å². The predicted octanol–water partition coefficient (Wildman–Crippen LogP) is 3.32. The van der Waals surface area contributed by atoms with E-state index in [4.69, 9.17) is 4.98 Å². The molecule has 2 aromatic heterocycles. The molecule has 22 heavy (non-hydrogen) atoms. The molecule has 1 aliphatic heterocycles. The van der Waals surface area contributed by atoms with Gasteiger partial charge in [-0.15, -0.1) is 11.3 Å². The lowest BCUT2D eigenvalue weighted by molar-refractivity contribution is 0.313. The van der Waals surface area contributed by atoms with Crippen molar-refractivity contribution in [3.63, 3.8) is 0 Å². The number of hydrogen-bond acceptors (Lipinski definition) is 4. The Hall–Kier alpha value is -1.33. The summed E-state index contributed by atoms with van der Waals surface area (Å²) < 4.78 is 2.50. The number of nitrogens with zero attached hydrogens (tertiary/aromatic N) is 4. The van der Waals surface area contributed by atoms with E-state index >= 15 is 0 Å². The molecular formula is C17H24N4S. The first-order chi connectivity index (χ1) is 10.6. The molecule has 0 radical (unpaired) electrons. The molecule has 1 saturated carbocycles. The quantitative estimate of drug-likeness (QED) is 0.868. The van der Waals surface area contributed by atoms with Crippen LogP contribution in [0.25, 0.3) is 11.3 Å². The van der Waals surface area contributed by atoms with E-state index in [0.29, 0.717) is 0 Å². The third-order valence-electron chi connectivity index (χ3n) is 4.94. The van der Waals surface area contributed by atoms with E-state index in [1.54, 1.807) is 11.3 Å². The molecule has 0 unspecified atom stereocenters. The van der Waals surface area contributed by atoms with Crippen LogP contribution in [-0.2, 0) is 0 Å². The van der Waals surface area contributed by atoms with Gasteiger partial charge in [-0.3, -0.25) is 0 Å². The van der Waals surface area contributed by atoms with Crippen LogP contribution in [0.15, 0.2) is 11.4 Å². The average molecular weight is 316 g/mol. The number of piperazine rings is 1. The van der Waals surface area contributed by atoms with Gasteiger partial charge in [0.15, 0.2) is 5.13 Å². The zero-order valence-corrected chi connectivity index (χ0v) is 14.5. The molecule has 1 saturated heterocycles. The van der Waals surface area contributed by atoms with E-state index in [1.807, 2.05) is 0 Å². The predicted molar refractivity (Wildman–Crippen MR) is 93.0 cm³/mol. The van der Waals surface area contributed by atoms with Crippen LogP contribution in [0.4, 0.5) is 5.13 Å². The van der Waals surface area contributed by atoms with Gasteiger partial charge in [-0.1, -0.05) is 0 Å². The Kier molecular flexibility index (Phi) is 3.50. The fraction of sp³-hybridized carbons (Fsp3) is 0.588. The minimum absolute atomic E-state index is 0.740. The highest BCUT2D eigenvalue weighted by atomic mass is 32.1. The second-order valence-electron chi connectivity index (χ2n) is 6.69. The second kappa shape index (κ2) is 5.39. The van der Waals surface area contributed by atoms with Gasteiger partial charge in [0, 0.05) is 54.6 Å². The van der Waals surface area contributed by atoms with Crippen molar-refractivity contribution in [2.45, 2.75) is 32.7 Å². The third kappa shape index (κ3) is 2.46. The van der Waals surface area contributed by atoms with Crippen molar-refractivity contribution < 1.29 is 0 Å². The van der Waals surface area contributed by atoms with Crippen molar-refractivity contribution >= 4 is 16.5 Å². The van der Waals surface area contributed by atoms with Crippen molar-refractivity contribution in [3.8, 4) is 11.3 Å². The van der Waals surface area contributed by atoms with Gasteiger partial charge in [-0.25, -0.2) is 4.98 Å². The molecule has 2 aliphatic rings. The molecule has 0 atom stereocenters. The Morgan fingerprint density at radius 3 is 2.55 bits per heavy atom. The van der Waals surface area contributed by atoms with Crippen LogP contribution in [0.3, 0.4) is 0 Å². The largest absolute Gasteiger partial charge is 0.346 e. The van der Waals surface area contributed by atoms with Crippen molar-refractivity contribution in [2.24, 2.45) is 0 Å². The van der Waals surface area contributed by atoms with Gasteiger partial charge in [0.25, 0.3) is 0 Å². The number of aromatic nitrogens is 2. The number of aryl methyl sites for hydroxylation is 1. The highest BCUT2D eigenvalue weighted by Gasteiger charge is 2.28. The van der Waals surface area contributed by atoms with Crippen LogP contribution >= 0.6 is 11.3 Å². The summed E-state index contributed by atoms with van der Waals surface area (Å²) >= 11 is 1.79. The first-order valence-corrected chi connectivity index (χ1v) is 9.09. The normalized spacial score (nSPS) is 19.9. The van der Waals surface area contributed by atoms with Crippen LogP contribution in [0, 0.1) is 13.8 Å². The van der Waals surface area contributed by atoms with Crippen LogP contribution in [0.5, 0.6) is 0 Å². The Morgan fingerprint density at radius 2 is 1.86 bits per heavy atom. The van der Waals surface area contributed by atoms with Gasteiger partial charge in [0.05, 0.1) is 5.69 Å². The van der Waals surface area contributed by atoms with Crippen molar-refractivity contribution in [3.05, 3.63) is 22.8 Å². The summed E-state index contributed by atoms with van der Waals surface area (Å²) in [6.45, 7) is 8.91. The topological polar surface area (TPSA) is 24.3 Å². The molecule has 3 heterocycles. The molecule has 0 spiro atoms. The van der Waals surface area contributed by atoms with E-state index in [1.165, 1.54) is 34.9 Å². The fourth-order valence-corrected chi connectivity index (χ4v) is 4.34. The fourth-order valence-electron chi connectivity index (χ4n) is 3.46. The minimum atomic E-state index is 0.740. The standard InChI is InChI=1S/C17H24N4S/c1-12-10-15(13(2)21(12)14-4-5-14)16-11-22-17(18-16)20-8-6-19(3)7-9-20/h10-11,14H,4-9H2,1-3H3. The molecule has 0 aromatic carbocycles. The number of hydrogen-bond donors (Lipinski definition) is 0. The van der Waals surface area contributed by atoms with E-state index in [-0.39, 0.29) is 0 Å². The molecule has 118 valence electrons. The van der Waals surface area contributed by atoms with Gasteiger partial charge >= 0.3 is 0 Å². The summed E-state index contributed by atoms with van der Waals surface area (Å²) in [5.41, 5.74) is 5.24. The summed E-state index contributed by atoms with van der Waals surface area (Å²) in [4.78, 5) is 9.74. The van der Waals surface area contributed by atoms with Crippen LogP contribution in [0.2, 0.25) is 0 Å². The summed E-state index contributed by atoms with van der Waals surface area (Å²) in [6.07, 6.45) is 2.67. The van der Waals surface area contributed by atoms with Crippen molar-refractivity contribution in [1.82, 2.24) is 14.5 Å². The molecule has 0 bridgehead atoms. The number of rotatable bonds is 3. The Morgan fingerprint density at radius 1 is 1.14 bits per heavy atom. The Labute approximate surface area is 136 Å². The minimum Gasteiger partial charge on any atom is -0.346 e. The first kappa shape index (κ1) is 14.3. The zero-order valence-electron chi connectivity index (χ0n) is 13.7. The third-order valence-corrected chi connectivity index (χ3v) is 5.84. The lowest BCUT2D eigenvalue weighted by atomic mass is 10.2. The van der Waals surface area contributed by atoms with Crippen LogP contribution in [0.1, 0.15) is 30.3 Å². The maximum atomic E-state index is 4.94. The second-order valence-corrected chi connectivity index (χ2v) is 7.53. The Balaban J connectivity index is 1.60. The molecule has 0 amide bonds. The summed E-state index contributed by atoms with van der Waals surface area (Å²) in [5.74, 6) is 0. The Bertz CT molecular complexity index is 675. The van der Waals surface area contributed by atoms with E-state index in [9.17, 15) is 0 Å². The van der Waals surface area contributed by atoms with Crippen LogP contribution in [-0.4, -0.2) is 47.7 Å². The van der Waals surface area contributed by atoms with E-state index in [2.05, 4.69) is 46.7 Å². The van der Waals surface area contributed by atoms with Crippen molar-refractivity contribution in [2.75, 3.05) is 38.1 Å². The number of likely N-dealkylation sites (N-methyl/N-ethyl adjacent to an activating group) is 1. The van der Waals surface area contributed by atoms with Crippen LogP contribution < -0.4 is 4.90 Å². The molecule has 1 aliphatic carbocycles. The summed E-state index contributed by atoms with van der Waals surface area (Å²) in [7, 11) is 2.19. The van der Waals surface area contributed by atoms with Gasteiger partial charge in [0.1, 0.15) is 0 Å². The maximum Gasteiger partial charge on any atom is 0.185 e. The number of anilines is 1. The first-order valence-electron chi connectivity index (χ1n) is 8.21. The zero-order chi connectivity index (χ0) is 15.3. The van der Waals surface area contributed by atoms with Gasteiger partial charge in [0.2, 0.25) is 0 Å². The molecule has 4 nitrogen and oxygen atoms in total. The van der Waals surface area contributed by atoms with E-state index < -0.39 is 0 Å². The molecule has 2 fully saturated rings. The molecule has 2 aromatic rings. The lowest BCUT2D eigenvalue weighted by Crippen LogP contribution is -2.44. The highest BCUT2D eigenvalue weighted by molar-refractivity contribution is 7.14. The molecule has 0 N–H and O–H groups in total. The highest BCUT2D eigenvalue weighted by Crippen LogP contribution is 2.41. The molecular weight excluding hydrogens is 292 g/mol. The smallest absolute Gasteiger partial charge is 0.185 e. The van der Waals surface area contributed by atoms with E-state index in [0.717, 1.165) is 37.9 Å².